The molecule has 5 heteroatoms. The van der Waals surface area contributed by atoms with Crippen LogP contribution < -0.4 is 5.32 Å². The summed E-state index contributed by atoms with van der Waals surface area (Å²) in [6.07, 6.45) is 0. The van der Waals surface area contributed by atoms with Crippen LogP contribution >= 0.6 is 11.8 Å². The van der Waals surface area contributed by atoms with Gasteiger partial charge in [-0.1, -0.05) is 60.7 Å². The van der Waals surface area contributed by atoms with Gasteiger partial charge in [0.2, 0.25) is 5.91 Å². The molecule has 0 aromatic heterocycles. The van der Waals surface area contributed by atoms with E-state index >= 15 is 0 Å². The molecule has 142 valence electrons. The molecule has 0 unspecified atom stereocenters. The number of esters is 1. The first-order chi connectivity index (χ1) is 13.7. The normalized spacial score (nSPS) is 11.5. The topological polar surface area (TPSA) is 55.4 Å². The minimum Gasteiger partial charge on any atom is -0.465 e. The van der Waals surface area contributed by atoms with Crippen molar-refractivity contribution in [3.05, 3.63) is 102 Å². The number of thioether (sulfide) groups is 1. The Morgan fingerprint density at radius 3 is 2.11 bits per heavy atom. The van der Waals surface area contributed by atoms with Gasteiger partial charge in [-0.2, -0.15) is 0 Å². The van der Waals surface area contributed by atoms with Gasteiger partial charge in [0.15, 0.2) is 0 Å². The van der Waals surface area contributed by atoms with E-state index in [9.17, 15) is 9.59 Å². The highest BCUT2D eigenvalue weighted by atomic mass is 32.2. The second-order valence-electron chi connectivity index (χ2n) is 6.13. The summed E-state index contributed by atoms with van der Waals surface area (Å²) in [5.74, 6) is -0.434. The fourth-order valence-electron chi connectivity index (χ4n) is 2.69. The molecule has 0 saturated heterocycles. The third kappa shape index (κ3) is 5.24. The first-order valence-corrected chi connectivity index (χ1v) is 9.77. The monoisotopic (exact) mass is 391 g/mol. The van der Waals surface area contributed by atoms with Crippen LogP contribution in [0.1, 0.15) is 26.7 Å². The van der Waals surface area contributed by atoms with Crippen LogP contribution in [0.4, 0.5) is 0 Å². The van der Waals surface area contributed by atoms with Crippen LogP contribution in [0.2, 0.25) is 0 Å². The van der Waals surface area contributed by atoms with Crippen LogP contribution in [-0.4, -0.2) is 19.0 Å². The molecule has 0 radical (unpaired) electrons. The van der Waals surface area contributed by atoms with E-state index in [1.807, 2.05) is 72.8 Å². The third-order valence-corrected chi connectivity index (χ3v) is 5.45. The predicted molar refractivity (Wildman–Crippen MR) is 111 cm³/mol. The third-order valence-electron chi connectivity index (χ3n) is 4.18. The van der Waals surface area contributed by atoms with E-state index in [0.29, 0.717) is 12.1 Å². The number of ether oxygens (including phenoxy) is 1. The van der Waals surface area contributed by atoms with E-state index in [4.69, 9.17) is 4.74 Å². The Labute approximate surface area is 168 Å². The lowest BCUT2D eigenvalue weighted by atomic mass is 10.1. The van der Waals surface area contributed by atoms with Gasteiger partial charge in [-0.25, -0.2) is 4.79 Å². The second kappa shape index (κ2) is 9.76. The van der Waals surface area contributed by atoms with Crippen LogP contribution in [-0.2, 0) is 16.1 Å². The smallest absolute Gasteiger partial charge is 0.337 e. The van der Waals surface area contributed by atoms with Crippen molar-refractivity contribution in [3.8, 4) is 0 Å². The zero-order chi connectivity index (χ0) is 19.8. The van der Waals surface area contributed by atoms with E-state index in [1.165, 1.54) is 18.9 Å². The molecule has 3 aromatic rings. The lowest BCUT2D eigenvalue weighted by Gasteiger charge is -2.17. The highest BCUT2D eigenvalue weighted by Gasteiger charge is 2.21. The summed E-state index contributed by atoms with van der Waals surface area (Å²) in [5.41, 5.74) is 2.35. The van der Waals surface area contributed by atoms with Gasteiger partial charge in [0.1, 0.15) is 5.25 Å². The first kappa shape index (κ1) is 19.7. The Hall–Kier alpha value is -3.05. The summed E-state index contributed by atoms with van der Waals surface area (Å²) in [6.45, 7) is 0.388. The van der Waals surface area contributed by atoms with Crippen molar-refractivity contribution in [2.24, 2.45) is 0 Å². The molecule has 28 heavy (non-hydrogen) atoms. The van der Waals surface area contributed by atoms with Crippen molar-refractivity contribution in [1.29, 1.82) is 0 Å². The van der Waals surface area contributed by atoms with Crippen molar-refractivity contribution >= 4 is 23.6 Å². The lowest BCUT2D eigenvalue weighted by molar-refractivity contribution is -0.120. The van der Waals surface area contributed by atoms with Crippen LogP contribution in [0.15, 0.2) is 89.8 Å². The summed E-state index contributed by atoms with van der Waals surface area (Å²) < 4.78 is 4.70. The highest BCUT2D eigenvalue weighted by molar-refractivity contribution is 8.00. The van der Waals surface area contributed by atoms with Gasteiger partial charge in [-0.15, -0.1) is 11.8 Å². The van der Waals surface area contributed by atoms with Gasteiger partial charge in [-0.05, 0) is 35.4 Å². The molecular weight excluding hydrogens is 370 g/mol. The Morgan fingerprint density at radius 1 is 0.893 bits per heavy atom. The highest BCUT2D eigenvalue weighted by Crippen LogP contribution is 2.35. The molecule has 0 spiro atoms. The van der Waals surface area contributed by atoms with Crippen molar-refractivity contribution < 1.29 is 14.3 Å². The van der Waals surface area contributed by atoms with Gasteiger partial charge < -0.3 is 10.1 Å². The molecule has 3 aromatic carbocycles. The van der Waals surface area contributed by atoms with Crippen molar-refractivity contribution in [2.45, 2.75) is 16.7 Å². The number of carbonyl (C=O) groups is 2. The molecule has 1 N–H and O–H groups in total. The molecule has 4 nitrogen and oxygen atoms in total. The first-order valence-electron chi connectivity index (χ1n) is 8.89. The van der Waals surface area contributed by atoms with Crippen LogP contribution in [0.5, 0.6) is 0 Å². The van der Waals surface area contributed by atoms with E-state index in [1.54, 1.807) is 12.1 Å². The maximum absolute atomic E-state index is 12.9. The van der Waals surface area contributed by atoms with E-state index in [-0.39, 0.29) is 17.1 Å². The second-order valence-corrected chi connectivity index (χ2v) is 7.31. The van der Waals surface area contributed by atoms with E-state index in [2.05, 4.69) is 5.32 Å². The molecular formula is C23H21NO3S. The van der Waals surface area contributed by atoms with Crippen molar-refractivity contribution in [1.82, 2.24) is 5.32 Å². The number of carbonyl (C=O) groups excluding carboxylic acids is 2. The largest absolute Gasteiger partial charge is 0.465 e. The zero-order valence-electron chi connectivity index (χ0n) is 15.5. The summed E-state index contributed by atoms with van der Waals surface area (Å²) in [4.78, 5) is 25.5. The van der Waals surface area contributed by atoms with E-state index < -0.39 is 0 Å². The maximum atomic E-state index is 12.9. The van der Waals surface area contributed by atoms with Crippen molar-refractivity contribution in [2.75, 3.05) is 7.11 Å². The minimum absolute atomic E-state index is 0.0582. The predicted octanol–water partition coefficient (Wildman–Crippen LogP) is 4.62. The molecule has 1 amide bonds. The summed E-state index contributed by atoms with van der Waals surface area (Å²) in [7, 11) is 1.35. The van der Waals surface area contributed by atoms with Gasteiger partial charge in [0, 0.05) is 11.4 Å². The Bertz CT molecular complexity index is 912. The quantitative estimate of drug-likeness (QED) is 0.472. The maximum Gasteiger partial charge on any atom is 0.337 e. The fourth-order valence-corrected chi connectivity index (χ4v) is 3.76. The number of hydrogen-bond acceptors (Lipinski definition) is 4. The number of rotatable bonds is 7. The number of methoxy groups -OCH3 is 1. The lowest BCUT2D eigenvalue weighted by Crippen LogP contribution is -2.27. The zero-order valence-corrected chi connectivity index (χ0v) is 16.3. The van der Waals surface area contributed by atoms with Gasteiger partial charge in [0.05, 0.1) is 12.7 Å². The van der Waals surface area contributed by atoms with Crippen LogP contribution in [0.3, 0.4) is 0 Å². The summed E-state index contributed by atoms with van der Waals surface area (Å²) in [5, 5.41) is 2.66. The van der Waals surface area contributed by atoms with Gasteiger partial charge in [-0.3, -0.25) is 4.79 Å². The average Bonchev–Trinajstić information content (AvgIpc) is 2.77. The molecule has 0 fully saturated rings. The minimum atomic E-state index is -0.376. The Balaban J connectivity index is 1.70. The number of hydrogen-bond donors (Lipinski definition) is 1. The summed E-state index contributed by atoms with van der Waals surface area (Å²) in [6, 6.07) is 26.6. The standard InChI is InChI=1S/C23H21NO3S/c1-27-23(26)19-14-12-17(13-15-19)16-24-22(25)21(18-8-4-2-5-9-18)28-20-10-6-3-7-11-20/h2-15,21H,16H2,1H3,(H,24,25)/t21-/m1/s1. The van der Waals surface area contributed by atoms with Crippen molar-refractivity contribution in [3.63, 3.8) is 0 Å². The SMILES string of the molecule is COC(=O)c1ccc(CNC(=O)[C@H](Sc2ccccc2)c2ccccc2)cc1. The molecule has 1 atom stereocenters. The molecule has 0 bridgehead atoms. The molecule has 0 saturated carbocycles. The number of amides is 1. The van der Waals surface area contributed by atoms with Gasteiger partial charge in [0.25, 0.3) is 0 Å². The number of nitrogens with one attached hydrogen (secondary N) is 1. The Kier molecular flexibility index (Phi) is 6.87. The molecule has 3 rings (SSSR count). The molecule has 0 aliphatic heterocycles. The van der Waals surface area contributed by atoms with E-state index in [0.717, 1.165) is 16.0 Å². The fraction of sp³-hybridized carbons (Fsp3) is 0.130. The number of benzene rings is 3. The average molecular weight is 391 g/mol. The molecule has 0 heterocycles. The molecule has 0 aliphatic rings. The summed E-state index contributed by atoms with van der Waals surface area (Å²) >= 11 is 1.52. The molecule has 0 aliphatic carbocycles. The van der Waals surface area contributed by atoms with Gasteiger partial charge >= 0.3 is 5.97 Å². The Morgan fingerprint density at radius 2 is 1.50 bits per heavy atom. The van der Waals surface area contributed by atoms with Crippen LogP contribution in [0.25, 0.3) is 0 Å². The van der Waals surface area contributed by atoms with Crippen LogP contribution in [0, 0.1) is 0 Å².